The first-order valence-corrected chi connectivity index (χ1v) is 9.44. The largest absolute Gasteiger partial charge is 0.497 e. The van der Waals surface area contributed by atoms with E-state index in [2.05, 4.69) is 26.3 Å². The summed E-state index contributed by atoms with van der Waals surface area (Å²) in [6.07, 6.45) is 0. The molecule has 0 aliphatic carbocycles. The molecule has 1 saturated heterocycles. The minimum atomic E-state index is -1.22. The first-order valence-electron chi connectivity index (χ1n) is 9.44. The van der Waals surface area contributed by atoms with Crippen LogP contribution in [0.15, 0.2) is 48.5 Å². The second-order valence-corrected chi connectivity index (χ2v) is 7.20. The van der Waals surface area contributed by atoms with Gasteiger partial charge in [-0.2, -0.15) is 0 Å². The number of amides is 4. The summed E-state index contributed by atoms with van der Waals surface area (Å²) in [5, 5.41) is 15.7. The number of hydrogen-bond donors (Lipinski definition) is 3. The number of imide groups is 1. The highest BCUT2D eigenvalue weighted by Crippen LogP contribution is 2.27. The Kier molecular flexibility index (Phi) is 4.90. The van der Waals surface area contributed by atoms with Crippen molar-refractivity contribution >= 4 is 23.5 Å². The highest BCUT2D eigenvalue weighted by atomic mass is 16.5. The molecule has 1 aliphatic rings. The molecule has 1 fully saturated rings. The Morgan fingerprint density at radius 3 is 2.65 bits per heavy atom. The van der Waals surface area contributed by atoms with Crippen LogP contribution >= 0.6 is 0 Å². The van der Waals surface area contributed by atoms with Gasteiger partial charge in [-0.05, 0) is 43.7 Å². The maximum Gasteiger partial charge on any atom is 0.322 e. The van der Waals surface area contributed by atoms with E-state index in [1.807, 2.05) is 18.2 Å². The van der Waals surface area contributed by atoms with Crippen LogP contribution in [0.25, 0.3) is 5.69 Å². The molecular formula is C21H20N6O4. The summed E-state index contributed by atoms with van der Waals surface area (Å²) >= 11 is 0. The number of anilines is 1. The van der Waals surface area contributed by atoms with Gasteiger partial charge in [-0.25, -0.2) is 9.48 Å². The van der Waals surface area contributed by atoms with Gasteiger partial charge in [-0.3, -0.25) is 14.9 Å². The molecule has 10 heteroatoms. The Labute approximate surface area is 177 Å². The second-order valence-electron chi connectivity index (χ2n) is 7.20. The first-order chi connectivity index (χ1) is 14.8. The fourth-order valence-corrected chi connectivity index (χ4v) is 3.37. The highest BCUT2D eigenvalue weighted by Gasteiger charge is 2.43. The average Bonchev–Trinajstić information content (AvgIpc) is 3.27. The summed E-state index contributed by atoms with van der Waals surface area (Å²) < 4.78 is 6.78. The number of nitrogens with zero attached hydrogens (tertiary/aromatic N) is 3. The smallest absolute Gasteiger partial charge is 0.322 e. The van der Waals surface area contributed by atoms with Crippen LogP contribution in [0.2, 0.25) is 0 Å². The molecule has 0 spiro atoms. The van der Waals surface area contributed by atoms with Gasteiger partial charge in [0.1, 0.15) is 11.3 Å². The van der Waals surface area contributed by atoms with E-state index in [1.54, 1.807) is 56.0 Å². The molecule has 31 heavy (non-hydrogen) atoms. The summed E-state index contributed by atoms with van der Waals surface area (Å²) in [5.74, 6) is -0.251. The molecular weight excluding hydrogens is 400 g/mol. The van der Waals surface area contributed by atoms with E-state index in [1.165, 1.54) is 0 Å². The van der Waals surface area contributed by atoms with E-state index in [0.29, 0.717) is 28.4 Å². The molecule has 0 radical (unpaired) electrons. The number of carbonyl (C=O) groups is 3. The van der Waals surface area contributed by atoms with Gasteiger partial charge in [0.25, 0.3) is 11.8 Å². The lowest BCUT2D eigenvalue weighted by molar-refractivity contribution is -0.123. The van der Waals surface area contributed by atoms with Crippen LogP contribution in [0.5, 0.6) is 5.75 Å². The maximum atomic E-state index is 12.8. The lowest BCUT2D eigenvalue weighted by Gasteiger charge is -2.21. The quantitative estimate of drug-likeness (QED) is 0.541. The number of benzene rings is 2. The van der Waals surface area contributed by atoms with Crippen molar-refractivity contribution < 1.29 is 19.1 Å². The topological polar surface area (TPSA) is 127 Å². The van der Waals surface area contributed by atoms with Gasteiger partial charge in [0.15, 0.2) is 5.69 Å². The van der Waals surface area contributed by atoms with Crippen LogP contribution in [-0.2, 0) is 10.3 Å². The minimum absolute atomic E-state index is 0.159. The number of hydrogen-bond acceptors (Lipinski definition) is 6. The van der Waals surface area contributed by atoms with Crippen molar-refractivity contribution in [2.75, 3.05) is 12.4 Å². The predicted octanol–water partition coefficient (Wildman–Crippen LogP) is 1.89. The Hall–Kier alpha value is -4.21. The van der Waals surface area contributed by atoms with E-state index in [0.717, 1.165) is 0 Å². The monoisotopic (exact) mass is 420 g/mol. The molecule has 3 aromatic rings. The lowest BCUT2D eigenvalue weighted by Crippen LogP contribution is -2.40. The molecule has 1 aromatic heterocycles. The van der Waals surface area contributed by atoms with Crippen LogP contribution in [0.1, 0.15) is 28.7 Å². The van der Waals surface area contributed by atoms with Crippen LogP contribution < -0.4 is 20.7 Å². The molecule has 1 aliphatic heterocycles. The number of rotatable bonds is 5. The summed E-state index contributed by atoms with van der Waals surface area (Å²) in [6, 6.07) is 13.4. The molecule has 2 aromatic carbocycles. The van der Waals surface area contributed by atoms with Gasteiger partial charge in [0.05, 0.1) is 18.5 Å². The average molecular weight is 420 g/mol. The van der Waals surface area contributed by atoms with Crippen LogP contribution in [0, 0.1) is 6.92 Å². The van der Waals surface area contributed by atoms with Gasteiger partial charge >= 0.3 is 6.03 Å². The number of aromatic nitrogens is 3. The standard InChI is InChI=1S/C21H20N6O4/c1-12-17(25-26-27(12)15-8-5-9-16(11-15)31-3)18(28)22-14-7-4-6-13(10-14)21(2)19(29)23-20(30)24-21/h4-11H,1-3H3,(H,22,28)(H2,23,24,29,30). The van der Waals surface area contributed by atoms with Crippen LogP contribution in [-0.4, -0.2) is 39.9 Å². The van der Waals surface area contributed by atoms with E-state index >= 15 is 0 Å². The third-order valence-electron chi connectivity index (χ3n) is 5.15. The molecule has 4 amide bonds. The Morgan fingerprint density at radius 1 is 1.16 bits per heavy atom. The fourth-order valence-electron chi connectivity index (χ4n) is 3.37. The second kappa shape index (κ2) is 7.56. The van der Waals surface area contributed by atoms with Gasteiger partial charge in [0, 0.05) is 11.8 Å². The van der Waals surface area contributed by atoms with Crippen LogP contribution in [0.3, 0.4) is 0 Å². The highest BCUT2D eigenvalue weighted by molar-refractivity contribution is 6.07. The van der Waals surface area contributed by atoms with Gasteiger partial charge < -0.3 is 15.4 Å². The maximum absolute atomic E-state index is 12.8. The number of nitrogens with one attached hydrogen (secondary N) is 3. The molecule has 158 valence electrons. The molecule has 1 atom stereocenters. The zero-order valence-electron chi connectivity index (χ0n) is 17.1. The predicted molar refractivity (Wildman–Crippen MR) is 111 cm³/mol. The summed E-state index contributed by atoms with van der Waals surface area (Å²) in [4.78, 5) is 36.6. The van der Waals surface area contributed by atoms with Crippen molar-refractivity contribution in [2.24, 2.45) is 0 Å². The van der Waals surface area contributed by atoms with Gasteiger partial charge in [-0.1, -0.05) is 23.4 Å². The molecule has 0 saturated carbocycles. The molecule has 3 N–H and O–H groups in total. The molecule has 0 bridgehead atoms. The third kappa shape index (κ3) is 3.59. The van der Waals surface area contributed by atoms with Gasteiger partial charge in [-0.15, -0.1) is 5.10 Å². The number of carbonyl (C=O) groups excluding carboxylic acids is 3. The van der Waals surface area contributed by atoms with Crippen molar-refractivity contribution in [2.45, 2.75) is 19.4 Å². The minimum Gasteiger partial charge on any atom is -0.497 e. The number of urea groups is 1. The Morgan fingerprint density at radius 2 is 1.94 bits per heavy atom. The zero-order chi connectivity index (χ0) is 22.2. The van der Waals surface area contributed by atoms with Crippen molar-refractivity contribution in [1.29, 1.82) is 0 Å². The van der Waals surface area contributed by atoms with E-state index in [-0.39, 0.29) is 5.69 Å². The zero-order valence-corrected chi connectivity index (χ0v) is 17.1. The van der Waals surface area contributed by atoms with Crippen molar-refractivity contribution in [3.63, 3.8) is 0 Å². The SMILES string of the molecule is COc1cccc(-n2nnc(C(=O)Nc3cccc(C4(C)NC(=O)NC4=O)c3)c2C)c1. The van der Waals surface area contributed by atoms with E-state index in [9.17, 15) is 14.4 Å². The van der Waals surface area contributed by atoms with Crippen molar-refractivity contribution in [3.8, 4) is 11.4 Å². The molecule has 2 heterocycles. The Balaban J connectivity index is 1.58. The summed E-state index contributed by atoms with van der Waals surface area (Å²) in [6.45, 7) is 3.34. The third-order valence-corrected chi connectivity index (χ3v) is 5.15. The number of methoxy groups -OCH3 is 1. The Bertz CT molecular complexity index is 1200. The van der Waals surface area contributed by atoms with Gasteiger partial charge in [0.2, 0.25) is 0 Å². The van der Waals surface area contributed by atoms with E-state index < -0.39 is 23.4 Å². The van der Waals surface area contributed by atoms with Crippen molar-refractivity contribution in [1.82, 2.24) is 25.6 Å². The lowest BCUT2D eigenvalue weighted by atomic mass is 9.92. The number of ether oxygens (including phenoxy) is 1. The summed E-state index contributed by atoms with van der Waals surface area (Å²) in [7, 11) is 1.57. The van der Waals surface area contributed by atoms with Crippen LogP contribution in [0.4, 0.5) is 10.5 Å². The first kappa shape index (κ1) is 20.1. The fraction of sp³-hybridized carbons (Fsp3) is 0.190. The molecule has 10 nitrogen and oxygen atoms in total. The summed E-state index contributed by atoms with van der Waals surface area (Å²) in [5.41, 5.74) is 1.19. The molecule has 4 rings (SSSR count). The van der Waals surface area contributed by atoms with Crippen molar-refractivity contribution in [3.05, 3.63) is 65.5 Å². The normalized spacial score (nSPS) is 17.8. The molecule has 1 unspecified atom stereocenters. The van der Waals surface area contributed by atoms with E-state index in [4.69, 9.17) is 4.74 Å².